The van der Waals surface area contributed by atoms with Gasteiger partial charge >= 0.3 is 0 Å². The molecule has 0 saturated carbocycles. The molecule has 2 heterocycles. The zero-order chi connectivity index (χ0) is 23.4. The molecule has 2 aromatic rings. The second-order valence-corrected chi connectivity index (χ2v) is 8.94. The molecule has 2 aliphatic heterocycles. The largest absolute Gasteiger partial charge is 0.497 e. The second-order valence-electron chi connectivity index (χ2n) is 8.09. The van der Waals surface area contributed by atoms with E-state index in [-0.39, 0.29) is 11.6 Å². The maximum Gasteiger partial charge on any atom is 0.283 e. The van der Waals surface area contributed by atoms with Crippen LogP contribution in [-0.4, -0.2) is 36.8 Å². The number of halogens is 2. The van der Waals surface area contributed by atoms with Crippen LogP contribution in [0.25, 0.3) is 0 Å². The standard InChI is InChI=1S/C24H25Cl2N5O2/c1-33-18-9-6-16(7-10-18)23-19(15-27)22(24(32)29-30-12-4-2-3-5-13-30)28-31(23)21-11-8-17(25)14-20(21)26/h6-11,14,19,23H,2-5,12-13H2,1H3,(H,29,32)/t19-,23+/m0/s1. The normalized spacial score (nSPS) is 21.2. The van der Waals surface area contributed by atoms with Crippen molar-refractivity contribution in [1.82, 2.24) is 10.4 Å². The molecule has 172 valence electrons. The molecule has 1 N–H and O–H groups in total. The highest BCUT2D eigenvalue weighted by molar-refractivity contribution is 6.41. The van der Waals surface area contributed by atoms with E-state index >= 15 is 0 Å². The van der Waals surface area contributed by atoms with Crippen molar-refractivity contribution in [1.29, 1.82) is 5.26 Å². The Kier molecular flexibility index (Phi) is 7.39. The molecule has 1 fully saturated rings. The fraction of sp³-hybridized carbons (Fsp3) is 0.375. The van der Waals surface area contributed by atoms with Crippen molar-refractivity contribution in [3.05, 3.63) is 58.1 Å². The summed E-state index contributed by atoms with van der Waals surface area (Å²) in [6.45, 7) is 1.57. The first kappa shape index (κ1) is 23.4. The van der Waals surface area contributed by atoms with Gasteiger partial charge in [-0.1, -0.05) is 48.2 Å². The third kappa shape index (κ3) is 5.09. The monoisotopic (exact) mass is 485 g/mol. The predicted octanol–water partition coefficient (Wildman–Crippen LogP) is 4.97. The summed E-state index contributed by atoms with van der Waals surface area (Å²) in [6, 6.07) is 14.2. The number of nitrogens with one attached hydrogen (secondary N) is 1. The Labute approximate surface area is 203 Å². The minimum absolute atomic E-state index is 0.161. The number of methoxy groups -OCH3 is 1. The van der Waals surface area contributed by atoms with E-state index in [1.54, 1.807) is 30.3 Å². The van der Waals surface area contributed by atoms with Gasteiger partial charge in [-0.25, -0.2) is 5.01 Å². The molecule has 1 amide bonds. The van der Waals surface area contributed by atoms with E-state index in [0.717, 1.165) is 44.3 Å². The van der Waals surface area contributed by atoms with E-state index in [1.165, 1.54) is 0 Å². The van der Waals surface area contributed by atoms with Crippen LogP contribution in [0.2, 0.25) is 10.0 Å². The number of ether oxygens (including phenoxy) is 1. The Morgan fingerprint density at radius 3 is 2.42 bits per heavy atom. The van der Waals surface area contributed by atoms with E-state index in [9.17, 15) is 10.1 Å². The van der Waals surface area contributed by atoms with Gasteiger partial charge in [-0.05, 0) is 48.7 Å². The van der Waals surface area contributed by atoms with Crippen LogP contribution < -0.4 is 15.2 Å². The van der Waals surface area contributed by atoms with E-state index in [2.05, 4.69) is 16.6 Å². The molecule has 2 aromatic carbocycles. The fourth-order valence-corrected chi connectivity index (χ4v) is 4.73. The van der Waals surface area contributed by atoms with Gasteiger partial charge in [-0.3, -0.25) is 15.2 Å². The Hall–Kier alpha value is -2.79. The summed E-state index contributed by atoms with van der Waals surface area (Å²) in [7, 11) is 1.59. The van der Waals surface area contributed by atoms with Crippen molar-refractivity contribution in [2.45, 2.75) is 31.7 Å². The van der Waals surface area contributed by atoms with Crippen LogP contribution >= 0.6 is 23.2 Å². The van der Waals surface area contributed by atoms with Crippen LogP contribution in [0.3, 0.4) is 0 Å². The van der Waals surface area contributed by atoms with E-state index in [0.29, 0.717) is 21.5 Å². The zero-order valence-electron chi connectivity index (χ0n) is 18.3. The first-order chi connectivity index (χ1) is 16.0. The maximum absolute atomic E-state index is 13.3. The Balaban J connectivity index is 1.71. The SMILES string of the molecule is COc1ccc([C@@H]2[C@@H](C#N)C(C(=O)NN3CCCCCC3)=NN2c2ccc(Cl)cc2Cl)cc1. The van der Waals surface area contributed by atoms with Crippen LogP contribution in [0.15, 0.2) is 47.6 Å². The summed E-state index contributed by atoms with van der Waals surface area (Å²) in [5.41, 5.74) is 4.51. The van der Waals surface area contributed by atoms with Crippen LogP contribution in [0.1, 0.15) is 37.3 Å². The van der Waals surface area contributed by atoms with Crippen molar-refractivity contribution in [2.75, 3.05) is 25.2 Å². The van der Waals surface area contributed by atoms with Crippen LogP contribution in [0, 0.1) is 17.2 Å². The molecule has 0 unspecified atom stereocenters. The van der Waals surface area contributed by atoms with Crippen molar-refractivity contribution in [3.63, 3.8) is 0 Å². The lowest BCUT2D eigenvalue weighted by Gasteiger charge is -2.26. The zero-order valence-corrected chi connectivity index (χ0v) is 19.8. The molecule has 7 nitrogen and oxygen atoms in total. The predicted molar refractivity (Wildman–Crippen MR) is 129 cm³/mol. The highest BCUT2D eigenvalue weighted by atomic mass is 35.5. The van der Waals surface area contributed by atoms with Gasteiger partial charge in [0.25, 0.3) is 5.91 Å². The van der Waals surface area contributed by atoms with Gasteiger partial charge in [0.15, 0.2) is 0 Å². The molecule has 0 radical (unpaired) electrons. The van der Waals surface area contributed by atoms with Gasteiger partial charge in [0.05, 0.1) is 29.9 Å². The number of hydrazone groups is 1. The Morgan fingerprint density at radius 1 is 1.12 bits per heavy atom. The minimum Gasteiger partial charge on any atom is -0.497 e. The summed E-state index contributed by atoms with van der Waals surface area (Å²) in [6.07, 6.45) is 4.35. The number of rotatable bonds is 5. The molecule has 0 spiro atoms. The Bertz CT molecular complexity index is 1080. The topological polar surface area (TPSA) is 81.0 Å². The third-order valence-electron chi connectivity index (χ3n) is 5.94. The highest BCUT2D eigenvalue weighted by Gasteiger charge is 2.43. The molecular weight excluding hydrogens is 461 g/mol. The number of carbonyl (C=O) groups is 1. The number of benzene rings is 2. The fourth-order valence-electron chi connectivity index (χ4n) is 4.24. The van der Waals surface area contributed by atoms with E-state index in [4.69, 9.17) is 27.9 Å². The molecule has 2 atom stereocenters. The summed E-state index contributed by atoms with van der Waals surface area (Å²) >= 11 is 12.6. The second kappa shape index (κ2) is 10.4. The Morgan fingerprint density at radius 2 is 1.82 bits per heavy atom. The summed E-state index contributed by atoms with van der Waals surface area (Å²) < 4.78 is 5.27. The lowest BCUT2D eigenvalue weighted by Crippen LogP contribution is -2.46. The summed E-state index contributed by atoms with van der Waals surface area (Å²) in [4.78, 5) is 13.3. The average Bonchev–Trinajstić information content (AvgIpc) is 3.01. The van der Waals surface area contributed by atoms with Gasteiger partial charge < -0.3 is 4.74 Å². The smallest absolute Gasteiger partial charge is 0.283 e. The lowest BCUT2D eigenvalue weighted by molar-refractivity contribution is -0.119. The average molecular weight is 486 g/mol. The number of hydrazine groups is 1. The number of anilines is 1. The first-order valence-electron chi connectivity index (χ1n) is 10.9. The molecule has 0 aromatic heterocycles. The molecule has 2 aliphatic rings. The molecule has 9 heteroatoms. The van der Waals surface area contributed by atoms with Gasteiger partial charge in [0.2, 0.25) is 0 Å². The van der Waals surface area contributed by atoms with E-state index < -0.39 is 12.0 Å². The van der Waals surface area contributed by atoms with Gasteiger partial charge in [0.1, 0.15) is 17.4 Å². The number of hydrogen-bond donors (Lipinski definition) is 1. The first-order valence-corrected chi connectivity index (χ1v) is 11.7. The van der Waals surface area contributed by atoms with Crippen LogP contribution in [0.5, 0.6) is 5.75 Å². The number of amides is 1. The summed E-state index contributed by atoms with van der Waals surface area (Å²) in [5.74, 6) is -0.465. The van der Waals surface area contributed by atoms with Crippen molar-refractivity contribution in [3.8, 4) is 11.8 Å². The van der Waals surface area contributed by atoms with Crippen LogP contribution in [0.4, 0.5) is 5.69 Å². The van der Waals surface area contributed by atoms with Crippen molar-refractivity contribution in [2.24, 2.45) is 11.0 Å². The van der Waals surface area contributed by atoms with Crippen LogP contribution in [-0.2, 0) is 4.79 Å². The van der Waals surface area contributed by atoms with Crippen molar-refractivity contribution >= 4 is 40.5 Å². The lowest BCUT2D eigenvalue weighted by atomic mass is 9.90. The molecule has 4 rings (SSSR count). The molecule has 1 saturated heterocycles. The quantitative estimate of drug-likeness (QED) is 0.646. The summed E-state index contributed by atoms with van der Waals surface area (Å²) in [5, 5.41) is 19.2. The molecular formula is C24H25Cl2N5O2. The third-order valence-corrected chi connectivity index (χ3v) is 6.48. The van der Waals surface area contributed by atoms with Gasteiger partial charge in [0, 0.05) is 18.1 Å². The number of nitrogens with zero attached hydrogens (tertiary/aromatic N) is 4. The maximum atomic E-state index is 13.3. The number of hydrogen-bond acceptors (Lipinski definition) is 6. The van der Waals surface area contributed by atoms with Gasteiger partial charge in [-0.2, -0.15) is 10.4 Å². The molecule has 33 heavy (non-hydrogen) atoms. The highest BCUT2D eigenvalue weighted by Crippen LogP contribution is 2.42. The number of nitriles is 1. The van der Waals surface area contributed by atoms with Crippen molar-refractivity contribution < 1.29 is 9.53 Å². The van der Waals surface area contributed by atoms with E-state index in [1.807, 2.05) is 29.3 Å². The number of carbonyl (C=O) groups excluding carboxylic acids is 1. The minimum atomic E-state index is -0.794. The molecule has 0 aliphatic carbocycles. The van der Waals surface area contributed by atoms with Gasteiger partial charge in [-0.15, -0.1) is 0 Å². The molecule has 0 bridgehead atoms.